The van der Waals surface area contributed by atoms with Gasteiger partial charge in [-0.1, -0.05) is 29.8 Å². The quantitative estimate of drug-likeness (QED) is 0.339. The van der Waals surface area contributed by atoms with E-state index in [0.29, 0.717) is 34.3 Å². The van der Waals surface area contributed by atoms with Crippen molar-refractivity contribution in [1.82, 2.24) is 9.80 Å². The van der Waals surface area contributed by atoms with E-state index in [1.54, 1.807) is 30.3 Å². The first-order chi connectivity index (χ1) is 20.6. The van der Waals surface area contributed by atoms with Crippen LogP contribution in [0, 0.1) is 6.92 Å². The lowest BCUT2D eigenvalue weighted by Gasteiger charge is -2.36. The van der Waals surface area contributed by atoms with Gasteiger partial charge in [0, 0.05) is 59.1 Å². The molecule has 0 spiro atoms. The van der Waals surface area contributed by atoms with Crippen molar-refractivity contribution in [2.75, 3.05) is 37.4 Å². The van der Waals surface area contributed by atoms with Crippen molar-refractivity contribution in [2.45, 2.75) is 64.0 Å². The number of anilines is 2. The Hall–Kier alpha value is -3.68. The van der Waals surface area contributed by atoms with Crippen LogP contribution in [0.3, 0.4) is 0 Å². The number of piperidine rings is 1. The van der Waals surface area contributed by atoms with Crippen molar-refractivity contribution >= 4 is 40.7 Å². The molecule has 226 valence electrons. The van der Waals surface area contributed by atoms with Crippen LogP contribution < -0.4 is 10.2 Å². The normalized spacial score (nSPS) is 19.1. The number of nitrogens with one attached hydrogen (secondary N) is 1. The molecular formula is C35H41ClN4O3. The Balaban J connectivity index is 1.33. The van der Waals surface area contributed by atoms with E-state index in [0.717, 1.165) is 55.6 Å². The largest absolute Gasteiger partial charge is 0.343 e. The molecule has 0 aromatic heterocycles. The van der Waals surface area contributed by atoms with E-state index in [-0.39, 0.29) is 29.7 Å². The van der Waals surface area contributed by atoms with Gasteiger partial charge in [-0.05, 0) is 119 Å². The molecule has 8 heteroatoms. The van der Waals surface area contributed by atoms with Gasteiger partial charge in [-0.25, -0.2) is 0 Å². The summed E-state index contributed by atoms with van der Waals surface area (Å²) < 4.78 is 0. The molecule has 0 bridgehead atoms. The van der Waals surface area contributed by atoms with Gasteiger partial charge in [-0.3, -0.25) is 14.4 Å². The third kappa shape index (κ3) is 6.94. The number of hydrogen-bond donors (Lipinski definition) is 1. The second-order valence-corrected chi connectivity index (χ2v) is 12.6. The lowest BCUT2D eigenvalue weighted by Crippen LogP contribution is -2.44. The molecule has 2 aliphatic heterocycles. The molecule has 0 radical (unpaired) electrons. The van der Waals surface area contributed by atoms with E-state index in [1.165, 1.54) is 0 Å². The van der Waals surface area contributed by atoms with Crippen LogP contribution in [0.1, 0.15) is 76.8 Å². The lowest BCUT2D eigenvalue weighted by molar-refractivity contribution is -0.133. The summed E-state index contributed by atoms with van der Waals surface area (Å²) in [5.41, 5.74) is 4.41. The van der Waals surface area contributed by atoms with Crippen LogP contribution in [-0.2, 0) is 4.79 Å². The minimum atomic E-state index is -0.188. The van der Waals surface area contributed by atoms with Gasteiger partial charge in [0.1, 0.15) is 0 Å². The summed E-state index contributed by atoms with van der Waals surface area (Å²) >= 11 is 6.48. The molecule has 0 aliphatic carbocycles. The number of fused-ring (bicyclic) bond motifs is 1. The second-order valence-electron chi connectivity index (χ2n) is 12.1. The zero-order chi connectivity index (χ0) is 30.7. The van der Waals surface area contributed by atoms with E-state index in [1.807, 2.05) is 53.1 Å². The summed E-state index contributed by atoms with van der Waals surface area (Å²) in [6.07, 6.45) is 3.94. The minimum Gasteiger partial charge on any atom is -0.343 e. The maximum atomic E-state index is 14.0. The molecule has 1 N–H and O–H groups in total. The average molecular weight is 601 g/mol. The molecule has 1 saturated heterocycles. The number of amides is 3. The zero-order valence-corrected chi connectivity index (χ0v) is 26.2. The number of benzene rings is 3. The number of carbonyl (C=O) groups excluding carboxylic acids is 3. The lowest BCUT2D eigenvalue weighted by atomic mass is 9.89. The van der Waals surface area contributed by atoms with Crippen LogP contribution in [0.15, 0.2) is 66.7 Å². The van der Waals surface area contributed by atoms with E-state index in [9.17, 15) is 14.4 Å². The van der Waals surface area contributed by atoms with Gasteiger partial charge in [0.15, 0.2) is 0 Å². The number of likely N-dealkylation sites (tertiary alicyclic amines) is 1. The first-order valence-corrected chi connectivity index (χ1v) is 15.5. The fourth-order valence-corrected chi connectivity index (χ4v) is 6.57. The van der Waals surface area contributed by atoms with Crippen molar-refractivity contribution in [2.24, 2.45) is 0 Å². The van der Waals surface area contributed by atoms with E-state index in [2.05, 4.69) is 31.2 Å². The fraction of sp³-hybridized carbons (Fsp3) is 0.400. The Bertz CT molecular complexity index is 1480. The highest BCUT2D eigenvalue weighted by Gasteiger charge is 2.34. The minimum absolute atomic E-state index is 0.0212. The molecule has 3 aromatic carbocycles. The van der Waals surface area contributed by atoms with Gasteiger partial charge in [0.2, 0.25) is 5.91 Å². The maximum absolute atomic E-state index is 14.0. The van der Waals surface area contributed by atoms with Gasteiger partial charge < -0.3 is 20.0 Å². The Morgan fingerprint density at radius 1 is 0.930 bits per heavy atom. The van der Waals surface area contributed by atoms with Crippen LogP contribution in [0.5, 0.6) is 0 Å². The molecule has 2 unspecified atom stereocenters. The standard InChI is InChI=1S/C35H41ClN4O3/c1-23-7-5-6-8-30(23)34(42)37-28-14-11-25(12-15-28)35(43)40-24(2)9-10-26(31-22-27(36)13-16-32(31)40)21-33(41)39-19-17-29(18-20-39)38(3)4/h5-8,11-16,22,24,26,29H,9-10,17-21H2,1-4H3,(H,37,42). The van der Waals surface area contributed by atoms with Crippen molar-refractivity contribution in [3.63, 3.8) is 0 Å². The van der Waals surface area contributed by atoms with Crippen LogP contribution >= 0.6 is 11.6 Å². The zero-order valence-electron chi connectivity index (χ0n) is 25.5. The summed E-state index contributed by atoms with van der Waals surface area (Å²) in [7, 11) is 4.20. The molecule has 3 aromatic rings. The predicted molar refractivity (Wildman–Crippen MR) is 173 cm³/mol. The third-order valence-corrected chi connectivity index (χ3v) is 9.26. The number of rotatable bonds is 6. The van der Waals surface area contributed by atoms with Gasteiger partial charge in [-0.15, -0.1) is 0 Å². The first kappa shape index (κ1) is 30.8. The molecule has 2 aliphatic rings. The SMILES string of the molecule is Cc1ccccc1C(=O)Nc1ccc(C(=O)N2c3ccc(Cl)cc3C(CC(=O)N3CCC(N(C)C)CC3)CCC2C)cc1. The monoisotopic (exact) mass is 600 g/mol. The summed E-state index contributed by atoms with van der Waals surface area (Å²) in [5.74, 6) is -0.159. The van der Waals surface area contributed by atoms with Gasteiger partial charge in [0.25, 0.3) is 11.8 Å². The topological polar surface area (TPSA) is 73.0 Å². The van der Waals surface area contributed by atoms with Gasteiger partial charge >= 0.3 is 0 Å². The van der Waals surface area contributed by atoms with E-state index in [4.69, 9.17) is 11.6 Å². The highest BCUT2D eigenvalue weighted by molar-refractivity contribution is 6.30. The number of hydrogen-bond acceptors (Lipinski definition) is 4. The number of halogens is 1. The Morgan fingerprint density at radius 2 is 1.63 bits per heavy atom. The van der Waals surface area contributed by atoms with Gasteiger partial charge in [0.05, 0.1) is 0 Å². The molecular weight excluding hydrogens is 560 g/mol. The van der Waals surface area contributed by atoms with Crippen molar-refractivity contribution in [1.29, 1.82) is 0 Å². The highest BCUT2D eigenvalue weighted by atomic mass is 35.5. The Labute approximate surface area is 259 Å². The van der Waals surface area contributed by atoms with Crippen LogP contribution in [0.2, 0.25) is 5.02 Å². The summed E-state index contributed by atoms with van der Waals surface area (Å²) in [5, 5.41) is 3.52. The van der Waals surface area contributed by atoms with Crippen LogP contribution in [-0.4, -0.2) is 66.8 Å². The van der Waals surface area contributed by atoms with E-state index < -0.39 is 0 Å². The van der Waals surface area contributed by atoms with Gasteiger partial charge in [-0.2, -0.15) is 0 Å². The molecule has 7 nitrogen and oxygen atoms in total. The van der Waals surface area contributed by atoms with Crippen LogP contribution in [0.4, 0.5) is 11.4 Å². The fourth-order valence-electron chi connectivity index (χ4n) is 6.39. The smallest absolute Gasteiger partial charge is 0.258 e. The highest BCUT2D eigenvalue weighted by Crippen LogP contribution is 2.41. The Morgan fingerprint density at radius 3 is 2.30 bits per heavy atom. The molecule has 43 heavy (non-hydrogen) atoms. The van der Waals surface area contributed by atoms with E-state index >= 15 is 0 Å². The van der Waals surface area contributed by atoms with Crippen LogP contribution in [0.25, 0.3) is 0 Å². The third-order valence-electron chi connectivity index (χ3n) is 9.03. The van der Waals surface area contributed by atoms with Crippen molar-refractivity contribution < 1.29 is 14.4 Å². The summed E-state index contributed by atoms with van der Waals surface area (Å²) in [4.78, 5) is 46.3. The summed E-state index contributed by atoms with van der Waals surface area (Å²) in [6, 6.07) is 20.6. The first-order valence-electron chi connectivity index (χ1n) is 15.2. The molecule has 3 amide bonds. The number of aryl methyl sites for hydroxylation is 1. The van der Waals surface area contributed by atoms with Crippen molar-refractivity contribution in [3.05, 3.63) is 94.0 Å². The second kappa shape index (κ2) is 13.3. The maximum Gasteiger partial charge on any atom is 0.258 e. The molecule has 1 fully saturated rings. The molecule has 2 atom stereocenters. The average Bonchev–Trinajstić information content (AvgIpc) is 3.13. The Kier molecular flexibility index (Phi) is 9.52. The number of nitrogens with zero attached hydrogens (tertiary/aromatic N) is 3. The van der Waals surface area contributed by atoms with Crippen molar-refractivity contribution in [3.8, 4) is 0 Å². The molecule has 2 heterocycles. The number of carbonyl (C=O) groups is 3. The molecule has 5 rings (SSSR count). The summed E-state index contributed by atoms with van der Waals surface area (Å²) in [6.45, 7) is 5.51. The molecule has 0 saturated carbocycles. The predicted octanol–water partition coefficient (Wildman–Crippen LogP) is 6.76.